The molecule has 176 valence electrons. The molecule has 0 radical (unpaired) electrons. The van der Waals surface area contributed by atoms with Gasteiger partial charge in [0, 0.05) is 25.0 Å². The number of alkyl halides is 3. The van der Waals surface area contributed by atoms with Crippen LogP contribution in [0.5, 0.6) is 0 Å². The molecule has 0 bridgehead atoms. The highest BCUT2D eigenvalue weighted by Gasteiger charge is 2.30. The van der Waals surface area contributed by atoms with Gasteiger partial charge in [0.2, 0.25) is 5.95 Å². The van der Waals surface area contributed by atoms with Gasteiger partial charge in [-0.05, 0) is 37.1 Å². The van der Waals surface area contributed by atoms with E-state index in [-0.39, 0.29) is 17.6 Å². The lowest BCUT2D eigenvalue weighted by molar-refractivity contribution is -0.137. The summed E-state index contributed by atoms with van der Waals surface area (Å²) < 4.78 is 41.2. The van der Waals surface area contributed by atoms with Crippen LogP contribution in [0.25, 0.3) is 17.0 Å². The average Bonchev–Trinajstić information content (AvgIpc) is 3.47. The minimum Gasteiger partial charge on any atom is -0.478 e. The first-order valence-corrected chi connectivity index (χ1v) is 10.4. The molecule has 0 atom stereocenters. The second-order valence-electron chi connectivity index (χ2n) is 7.95. The number of piperidine rings is 1. The van der Waals surface area contributed by atoms with Crippen molar-refractivity contribution in [3.8, 4) is 5.95 Å². The quantitative estimate of drug-likeness (QED) is 0.467. The molecule has 5 rings (SSSR count). The number of carboxylic acids is 1. The molecular formula is C21H18F3N7O3. The van der Waals surface area contributed by atoms with Crippen LogP contribution < -0.4 is 10.5 Å². The Hall–Kier alpha value is -4.16. The van der Waals surface area contributed by atoms with Crippen LogP contribution in [-0.2, 0) is 6.18 Å². The molecule has 34 heavy (non-hydrogen) atoms. The van der Waals surface area contributed by atoms with Gasteiger partial charge in [-0.2, -0.15) is 23.4 Å². The smallest absolute Gasteiger partial charge is 0.416 e. The number of aromatic carboxylic acids is 1. The van der Waals surface area contributed by atoms with Crippen molar-refractivity contribution >= 4 is 22.7 Å². The van der Waals surface area contributed by atoms with Crippen LogP contribution in [-0.4, -0.2) is 53.7 Å². The lowest BCUT2D eigenvalue weighted by Crippen LogP contribution is -2.35. The minimum atomic E-state index is -4.37. The number of nitrogens with zero attached hydrogens (tertiary/aromatic N) is 6. The van der Waals surface area contributed by atoms with Crippen LogP contribution in [0, 0.1) is 0 Å². The molecule has 0 saturated carbocycles. The van der Waals surface area contributed by atoms with Gasteiger partial charge in [-0.1, -0.05) is 0 Å². The van der Waals surface area contributed by atoms with Crippen molar-refractivity contribution in [2.75, 3.05) is 18.0 Å². The van der Waals surface area contributed by atoms with Crippen molar-refractivity contribution in [3.05, 3.63) is 64.3 Å². The second kappa shape index (κ2) is 8.01. The number of H-pyrrole nitrogens is 1. The Morgan fingerprint density at radius 1 is 1.09 bits per heavy atom. The molecule has 13 heteroatoms. The monoisotopic (exact) mass is 473 g/mol. The highest BCUT2D eigenvalue weighted by molar-refractivity contribution is 5.87. The van der Waals surface area contributed by atoms with Gasteiger partial charge in [-0.3, -0.25) is 14.5 Å². The molecule has 4 heterocycles. The third-order valence-corrected chi connectivity index (χ3v) is 5.86. The van der Waals surface area contributed by atoms with E-state index >= 15 is 0 Å². The minimum absolute atomic E-state index is 0.0433. The number of hydrogen-bond donors (Lipinski definition) is 2. The molecule has 0 spiro atoms. The summed E-state index contributed by atoms with van der Waals surface area (Å²) in [6.45, 7) is 1.18. The van der Waals surface area contributed by atoms with Crippen molar-refractivity contribution < 1.29 is 23.1 Å². The summed E-state index contributed by atoms with van der Waals surface area (Å²) in [5, 5.41) is 17.3. The fourth-order valence-electron chi connectivity index (χ4n) is 4.12. The fourth-order valence-corrected chi connectivity index (χ4v) is 4.12. The van der Waals surface area contributed by atoms with Crippen LogP contribution in [0.15, 0.2) is 47.7 Å². The Kier molecular flexibility index (Phi) is 5.10. The summed E-state index contributed by atoms with van der Waals surface area (Å²) in [6, 6.07) is 5.00. The molecule has 1 aliphatic rings. The van der Waals surface area contributed by atoms with Crippen molar-refractivity contribution in [2.24, 2.45) is 0 Å². The number of fused-ring (bicyclic) bond motifs is 1. The molecule has 4 aromatic rings. The summed E-state index contributed by atoms with van der Waals surface area (Å²) in [7, 11) is 0. The SMILES string of the molecule is O=C(O)c1cnn(-c2nc3cnn(C4CCN(c5ccc(C(F)(F)F)cc5)CC4)c3c(=O)[nH]2)c1. The third kappa shape index (κ3) is 3.89. The third-order valence-electron chi connectivity index (χ3n) is 5.86. The predicted octanol–water partition coefficient (Wildman–Crippen LogP) is 2.86. The summed E-state index contributed by atoms with van der Waals surface area (Å²) in [5.41, 5.74) is 0.183. The zero-order chi connectivity index (χ0) is 24.0. The number of anilines is 1. The van der Waals surface area contributed by atoms with Crippen molar-refractivity contribution in [1.82, 2.24) is 29.5 Å². The van der Waals surface area contributed by atoms with E-state index in [9.17, 15) is 22.8 Å². The zero-order valence-electron chi connectivity index (χ0n) is 17.5. The molecule has 1 aromatic carbocycles. The summed E-state index contributed by atoms with van der Waals surface area (Å²) in [5.74, 6) is -1.08. The molecule has 2 N–H and O–H groups in total. The maximum absolute atomic E-state index is 12.8. The van der Waals surface area contributed by atoms with Crippen LogP contribution in [0.4, 0.5) is 18.9 Å². The molecule has 1 saturated heterocycles. The van der Waals surface area contributed by atoms with Gasteiger partial charge >= 0.3 is 12.1 Å². The first-order valence-electron chi connectivity index (χ1n) is 10.4. The lowest BCUT2D eigenvalue weighted by Gasteiger charge is -2.34. The highest BCUT2D eigenvalue weighted by Crippen LogP contribution is 2.32. The molecule has 3 aromatic heterocycles. The van der Waals surface area contributed by atoms with Crippen molar-refractivity contribution in [1.29, 1.82) is 0 Å². The first-order chi connectivity index (χ1) is 16.2. The van der Waals surface area contributed by atoms with E-state index in [0.717, 1.165) is 18.3 Å². The Balaban J connectivity index is 1.34. The Morgan fingerprint density at radius 2 is 1.79 bits per heavy atom. The molecule has 0 amide bonds. The number of aromatic nitrogens is 6. The van der Waals surface area contributed by atoms with E-state index in [1.54, 1.807) is 4.68 Å². The number of carbonyl (C=O) groups is 1. The van der Waals surface area contributed by atoms with Gasteiger partial charge in [0.05, 0.1) is 29.6 Å². The topological polar surface area (TPSA) is 122 Å². The van der Waals surface area contributed by atoms with E-state index < -0.39 is 23.3 Å². The molecule has 10 nitrogen and oxygen atoms in total. The Morgan fingerprint density at radius 3 is 2.41 bits per heavy atom. The average molecular weight is 473 g/mol. The number of benzene rings is 1. The largest absolute Gasteiger partial charge is 0.478 e. The predicted molar refractivity (Wildman–Crippen MR) is 114 cm³/mol. The Bertz CT molecular complexity index is 1410. The maximum atomic E-state index is 12.8. The van der Waals surface area contributed by atoms with E-state index in [1.165, 1.54) is 29.2 Å². The van der Waals surface area contributed by atoms with E-state index in [2.05, 4.69) is 20.2 Å². The molecule has 1 fully saturated rings. The maximum Gasteiger partial charge on any atom is 0.416 e. The van der Waals surface area contributed by atoms with Gasteiger partial charge in [0.25, 0.3) is 5.56 Å². The highest BCUT2D eigenvalue weighted by atomic mass is 19.4. The standard InChI is InChI=1S/C21H18F3N7O3/c22-21(23,24)13-1-3-14(4-2-13)29-7-5-15(6-8-29)31-17-16(10-26-31)27-20(28-18(17)32)30-11-12(9-25-30)19(33)34/h1-4,9-11,15H,5-8H2,(H,33,34)(H,27,28,32). The van der Waals surface area contributed by atoms with Crippen molar-refractivity contribution in [3.63, 3.8) is 0 Å². The van der Waals surface area contributed by atoms with Gasteiger partial charge in [-0.25, -0.2) is 14.5 Å². The van der Waals surface area contributed by atoms with Gasteiger partial charge in [-0.15, -0.1) is 0 Å². The van der Waals surface area contributed by atoms with Gasteiger partial charge in [0.1, 0.15) is 5.52 Å². The van der Waals surface area contributed by atoms with E-state index in [4.69, 9.17) is 5.11 Å². The second-order valence-corrected chi connectivity index (χ2v) is 7.95. The first kappa shape index (κ1) is 21.7. The summed E-state index contributed by atoms with van der Waals surface area (Å²) in [4.78, 5) is 32.9. The van der Waals surface area contributed by atoms with Crippen LogP contribution in [0.1, 0.15) is 34.8 Å². The number of carboxylic acid groups (broad SMARTS) is 1. The van der Waals surface area contributed by atoms with E-state index in [0.29, 0.717) is 42.7 Å². The summed E-state index contributed by atoms with van der Waals surface area (Å²) in [6.07, 6.45) is 0.774. The number of aromatic amines is 1. The number of rotatable bonds is 4. The fraction of sp³-hybridized carbons (Fsp3) is 0.286. The Labute approximate surface area is 189 Å². The van der Waals surface area contributed by atoms with Crippen molar-refractivity contribution in [2.45, 2.75) is 25.1 Å². The zero-order valence-corrected chi connectivity index (χ0v) is 17.5. The molecular weight excluding hydrogens is 455 g/mol. The lowest BCUT2D eigenvalue weighted by atomic mass is 10.0. The van der Waals surface area contributed by atoms with Gasteiger partial charge in [0.15, 0.2) is 5.52 Å². The number of nitrogens with one attached hydrogen (secondary N) is 1. The van der Waals surface area contributed by atoms with E-state index in [1.807, 2.05) is 4.90 Å². The van der Waals surface area contributed by atoms with Crippen LogP contribution in [0.3, 0.4) is 0 Å². The normalized spacial score (nSPS) is 15.2. The van der Waals surface area contributed by atoms with Gasteiger partial charge < -0.3 is 10.0 Å². The number of halogens is 3. The van der Waals surface area contributed by atoms with Crippen LogP contribution >= 0.6 is 0 Å². The molecule has 1 aliphatic heterocycles. The van der Waals surface area contributed by atoms with Crippen LogP contribution in [0.2, 0.25) is 0 Å². The number of hydrogen-bond acceptors (Lipinski definition) is 6. The molecule has 0 unspecified atom stereocenters. The molecule has 0 aliphatic carbocycles. The summed E-state index contributed by atoms with van der Waals surface area (Å²) >= 11 is 0.